The fourth-order valence-electron chi connectivity index (χ4n) is 3.30. The third kappa shape index (κ3) is 6.34. The van der Waals surface area contributed by atoms with Crippen molar-refractivity contribution in [3.63, 3.8) is 0 Å². The number of thiazole rings is 1. The molecule has 0 atom stereocenters. The van der Waals surface area contributed by atoms with Crippen LogP contribution in [0.5, 0.6) is 0 Å². The normalized spacial score (nSPS) is 14.6. The molecule has 1 heterocycles. The number of aryl methyl sites for hydroxylation is 1. The molecule has 1 aromatic heterocycles. The average molecular weight is 419 g/mol. The van der Waals surface area contributed by atoms with E-state index in [9.17, 15) is 9.59 Å². The number of aromatic nitrogens is 1. The zero-order valence-electron chi connectivity index (χ0n) is 16.1. The van der Waals surface area contributed by atoms with Gasteiger partial charge < -0.3 is 10.1 Å². The molecule has 3 rings (SSSR count). The predicted molar refractivity (Wildman–Crippen MR) is 113 cm³/mol. The highest BCUT2D eigenvalue weighted by atomic mass is 32.2. The smallest absolute Gasteiger partial charge is 0.339 e. The van der Waals surface area contributed by atoms with Gasteiger partial charge in [-0.05, 0) is 37.8 Å². The van der Waals surface area contributed by atoms with Gasteiger partial charge >= 0.3 is 5.97 Å². The fraction of sp³-hybridized carbons (Fsp3) is 0.476. The SMILES string of the molecule is Cc1nc(CSc2ccccc2C(=O)OCC(=O)NCC2CCCCC2)cs1. The summed E-state index contributed by atoms with van der Waals surface area (Å²) in [5, 5.41) is 5.95. The summed E-state index contributed by atoms with van der Waals surface area (Å²) in [6.07, 6.45) is 6.11. The lowest BCUT2D eigenvalue weighted by molar-refractivity contribution is -0.124. The van der Waals surface area contributed by atoms with Crippen molar-refractivity contribution in [3.05, 3.63) is 45.9 Å². The lowest BCUT2D eigenvalue weighted by Gasteiger charge is -2.21. The van der Waals surface area contributed by atoms with Crippen molar-refractivity contribution in [2.24, 2.45) is 5.92 Å². The van der Waals surface area contributed by atoms with Crippen LogP contribution in [0.4, 0.5) is 0 Å². The van der Waals surface area contributed by atoms with Gasteiger partial charge in [-0.1, -0.05) is 31.4 Å². The Bertz CT molecular complexity index is 800. The molecule has 1 fully saturated rings. The van der Waals surface area contributed by atoms with E-state index in [1.165, 1.54) is 32.1 Å². The molecule has 1 saturated carbocycles. The van der Waals surface area contributed by atoms with Crippen LogP contribution in [-0.2, 0) is 15.3 Å². The first-order valence-electron chi connectivity index (χ1n) is 9.68. The number of carbonyl (C=O) groups is 2. The number of nitrogens with zero attached hydrogens (tertiary/aromatic N) is 1. The van der Waals surface area contributed by atoms with Gasteiger partial charge in [-0.15, -0.1) is 23.1 Å². The third-order valence-electron chi connectivity index (χ3n) is 4.80. The number of esters is 1. The zero-order chi connectivity index (χ0) is 19.8. The van der Waals surface area contributed by atoms with E-state index in [0.29, 0.717) is 23.8 Å². The Hall–Kier alpha value is -1.86. The molecular weight excluding hydrogens is 392 g/mol. The highest BCUT2D eigenvalue weighted by Crippen LogP contribution is 2.27. The summed E-state index contributed by atoms with van der Waals surface area (Å²) >= 11 is 3.16. The molecule has 0 unspecified atom stereocenters. The molecule has 1 aliphatic carbocycles. The number of carbonyl (C=O) groups excluding carboxylic acids is 2. The minimum atomic E-state index is -0.467. The van der Waals surface area contributed by atoms with Crippen LogP contribution in [0, 0.1) is 12.8 Å². The second-order valence-electron chi connectivity index (χ2n) is 7.03. The predicted octanol–water partition coefficient (Wildman–Crippen LogP) is 4.60. The second kappa shape index (κ2) is 10.6. The zero-order valence-corrected chi connectivity index (χ0v) is 17.7. The largest absolute Gasteiger partial charge is 0.452 e. The van der Waals surface area contributed by atoms with E-state index >= 15 is 0 Å². The van der Waals surface area contributed by atoms with E-state index in [4.69, 9.17) is 4.74 Å². The van der Waals surface area contributed by atoms with E-state index in [-0.39, 0.29) is 12.5 Å². The van der Waals surface area contributed by atoms with Gasteiger partial charge in [0.2, 0.25) is 0 Å². The molecule has 0 bridgehead atoms. The van der Waals surface area contributed by atoms with Crippen LogP contribution in [0.25, 0.3) is 0 Å². The molecule has 1 N–H and O–H groups in total. The molecule has 0 aliphatic heterocycles. The molecule has 2 aromatic rings. The second-order valence-corrected chi connectivity index (χ2v) is 9.11. The number of amides is 1. The summed E-state index contributed by atoms with van der Waals surface area (Å²) < 4.78 is 5.25. The van der Waals surface area contributed by atoms with Gasteiger partial charge in [0.1, 0.15) is 0 Å². The molecule has 1 aliphatic rings. The summed E-state index contributed by atoms with van der Waals surface area (Å²) in [5.74, 6) is 0.545. The average Bonchev–Trinajstić information content (AvgIpc) is 3.15. The van der Waals surface area contributed by atoms with E-state index in [1.807, 2.05) is 24.4 Å². The number of thioether (sulfide) groups is 1. The van der Waals surface area contributed by atoms with Gasteiger partial charge in [0, 0.05) is 22.6 Å². The van der Waals surface area contributed by atoms with Crippen LogP contribution in [0.3, 0.4) is 0 Å². The molecule has 0 saturated heterocycles. The Morgan fingerprint density at radius 1 is 1.25 bits per heavy atom. The first-order valence-corrected chi connectivity index (χ1v) is 11.5. The number of nitrogens with one attached hydrogen (secondary N) is 1. The summed E-state index contributed by atoms with van der Waals surface area (Å²) in [6.45, 7) is 2.41. The number of rotatable bonds is 8. The van der Waals surface area contributed by atoms with Gasteiger partial charge in [-0.2, -0.15) is 0 Å². The fourth-order valence-corrected chi connectivity index (χ4v) is 4.95. The Labute approximate surface area is 174 Å². The maximum Gasteiger partial charge on any atom is 0.339 e. The summed E-state index contributed by atoms with van der Waals surface area (Å²) in [6, 6.07) is 7.32. The number of hydrogen-bond donors (Lipinski definition) is 1. The van der Waals surface area contributed by atoms with Crippen LogP contribution in [0.15, 0.2) is 34.5 Å². The molecular formula is C21H26N2O3S2. The topological polar surface area (TPSA) is 68.3 Å². The number of ether oxygens (including phenoxy) is 1. The first kappa shape index (κ1) is 20.9. The summed E-state index contributed by atoms with van der Waals surface area (Å²) in [4.78, 5) is 29.8. The van der Waals surface area contributed by atoms with Crippen molar-refractivity contribution >= 4 is 35.0 Å². The molecule has 150 valence electrons. The monoisotopic (exact) mass is 418 g/mol. The molecule has 0 radical (unpaired) electrons. The van der Waals surface area contributed by atoms with Gasteiger partial charge in [0.05, 0.1) is 16.3 Å². The van der Waals surface area contributed by atoms with Crippen LogP contribution >= 0.6 is 23.1 Å². The maximum atomic E-state index is 12.5. The van der Waals surface area contributed by atoms with Crippen LogP contribution in [-0.4, -0.2) is 30.0 Å². The quantitative estimate of drug-likeness (QED) is 0.501. The summed E-state index contributed by atoms with van der Waals surface area (Å²) in [5.41, 5.74) is 1.48. The highest BCUT2D eigenvalue weighted by molar-refractivity contribution is 7.98. The van der Waals surface area contributed by atoms with Crippen molar-refractivity contribution in [3.8, 4) is 0 Å². The van der Waals surface area contributed by atoms with Crippen LogP contribution < -0.4 is 5.32 Å². The van der Waals surface area contributed by atoms with Crippen molar-refractivity contribution in [2.75, 3.05) is 13.2 Å². The minimum absolute atomic E-state index is 0.234. The standard InChI is InChI=1S/C21H26N2O3S2/c1-15-23-17(13-27-15)14-28-19-10-6-5-9-18(19)21(25)26-12-20(24)22-11-16-7-3-2-4-8-16/h5-6,9-10,13,16H,2-4,7-8,11-12,14H2,1H3,(H,22,24). The van der Waals surface area contributed by atoms with E-state index in [1.54, 1.807) is 35.2 Å². The lowest BCUT2D eigenvalue weighted by Crippen LogP contribution is -2.33. The molecule has 0 spiro atoms. The minimum Gasteiger partial charge on any atom is -0.452 e. The molecule has 7 heteroatoms. The summed E-state index contributed by atoms with van der Waals surface area (Å²) in [7, 11) is 0. The van der Waals surface area contributed by atoms with Crippen LogP contribution in [0.1, 0.15) is 53.2 Å². The van der Waals surface area contributed by atoms with Gasteiger partial charge in [0.15, 0.2) is 6.61 Å². The van der Waals surface area contributed by atoms with E-state index in [0.717, 1.165) is 15.6 Å². The Morgan fingerprint density at radius 2 is 2.04 bits per heavy atom. The molecule has 1 amide bonds. The first-order chi connectivity index (χ1) is 13.6. The van der Waals surface area contributed by atoms with Gasteiger partial charge in [-0.3, -0.25) is 4.79 Å². The van der Waals surface area contributed by atoms with E-state index in [2.05, 4.69) is 10.3 Å². The molecule has 1 aromatic carbocycles. The molecule has 5 nitrogen and oxygen atoms in total. The van der Waals surface area contributed by atoms with Crippen LogP contribution in [0.2, 0.25) is 0 Å². The van der Waals surface area contributed by atoms with Crippen molar-refractivity contribution < 1.29 is 14.3 Å². The molecule has 28 heavy (non-hydrogen) atoms. The lowest BCUT2D eigenvalue weighted by atomic mass is 9.89. The third-order valence-corrected chi connectivity index (χ3v) is 6.73. The van der Waals surface area contributed by atoms with Crippen molar-refractivity contribution in [2.45, 2.75) is 49.7 Å². The Morgan fingerprint density at radius 3 is 2.79 bits per heavy atom. The Kier molecular flexibility index (Phi) is 7.91. The number of benzene rings is 1. The maximum absolute atomic E-state index is 12.5. The Balaban J connectivity index is 1.47. The van der Waals surface area contributed by atoms with Gasteiger partial charge in [0.25, 0.3) is 5.91 Å². The van der Waals surface area contributed by atoms with E-state index < -0.39 is 5.97 Å². The highest BCUT2D eigenvalue weighted by Gasteiger charge is 2.17. The van der Waals surface area contributed by atoms with Crippen molar-refractivity contribution in [1.82, 2.24) is 10.3 Å². The van der Waals surface area contributed by atoms with Gasteiger partial charge in [-0.25, -0.2) is 9.78 Å². The van der Waals surface area contributed by atoms with Crippen molar-refractivity contribution in [1.29, 1.82) is 0 Å². The number of hydrogen-bond acceptors (Lipinski definition) is 6.